The summed E-state index contributed by atoms with van der Waals surface area (Å²) in [5.41, 5.74) is 2.34. The first kappa shape index (κ1) is 19.9. The van der Waals surface area contributed by atoms with Gasteiger partial charge in [0.2, 0.25) is 0 Å². The summed E-state index contributed by atoms with van der Waals surface area (Å²) in [5.74, 6) is 3.54. The van der Waals surface area contributed by atoms with Crippen molar-refractivity contribution in [2.24, 2.45) is 39.7 Å². The van der Waals surface area contributed by atoms with E-state index in [2.05, 4.69) is 38.6 Å². The van der Waals surface area contributed by atoms with Gasteiger partial charge in [-0.15, -0.1) is 0 Å². The Morgan fingerprint density at radius 1 is 1.00 bits per heavy atom. The van der Waals surface area contributed by atoms with Crippen molar-refractivity contribution in [2.45, 2.75) is 97.4 Å². The highest BCUT2D eigenvalue weighted by Crippen LogP contribution is 2.66. The molecule has 0 spiro atoms. The highest BCUT2D eigenvalue weighted by atomic mass is 28.4. The molecule has 4 rings (SSSR count). The highest BCUT2D eigenvalue weighted by Gasteiger charge is 2.59. The molecule has 0 N–H and O–H groups in total. The number of hydrogen-bond donors (Lipinski definition) is 0. The summed E-state index contributed by atoms with van der Waals surface area (Å²) in [4.78, 5) is 5.15. The molecular weight excluding hydrogens is 350 g/mol. The lowest BCUT2D eigenvalue weighted by atomic mass is 9.45. The monoisotopic (exact) mass is 391 g/mol. The van der Waals surface area contributed by atoms with Crippen LogP contribution >= 0.6 is 0 Å². The maximum atomic E-state index is 6.54. The van der Waals surface area contributed by atoms with Crippen LogP contribution in [0.1, 0.15) is 71.6 Å². The molecule has 0 radical (unpaired) electrons. The van der Waals surface area contributed by atoms with Gasteiger partial charge in [0, 0.05) is 6.10 Å². The fraction of sp³-hybridized carbons (Fsp3) is 0.957. The van der Waals surface area contributed by atoms with Crippen LogP contribution < -0.4 is 0 Å². The lowest BCUT2D eigenvalue weighted by Gasteiger charge is -2.60. The third-order valence-corrected chi connectivity index (χ3v) is 9.98. The summed E-state index contributed by atoms with van der Waals surface area (Å²) >= 11 is 0. The quantitative estimate of drug-likeness (QED) is 0.420. The van der Waals surface area contributed by atoms with E-state index in [1.165, 1.54) is 63.5 Å². The Bertz CT molecular complexity index is 600. The predicted octanol–water partition coefficient (Wildman–Crippen LogP) is 6.25. The van der Waals surface area contributed by atoms with E-state index in [4.69, 9.17) is 9.26 Å². The van der Waals surface area contributed by atoms with Crippen LogP contribution in [0.3, 0.4) is 0 Å². The molecule has 0 amide bonds. The Labute approximate surface area is 167 Å². The summed E-state index contributed by atoms with van der Waals surface area (Å²) in [6, 6.07) is 0. The minimum atomic E-state index is -1.43. The molecule has 7 atom stereocenters. The molecule has 154 valence electrons. The van der Waals surface area contributed by atoms with Gasteiger partial charge in [-0.05, 0) is 112 Å². The van der Waals surface area contributed by atoms with E-state index in [1.54, 1.807) is 7.11 Å². The molecule has 4 saturated carbocycles. The van der Waals surface area contributed by atoms with Crippen molar-refractivity contribution in [3.63, 3.8) is 0 Å². The largest absolute Gasteiger partial charge is 0.415 e. The van der Waals surface area contributed by atoms with Gasteiger partial charge in [0.1, 0.15) is 7.11 Å². The van der Waals surface area contributed by atoms with Gasteiger partial charge >= 0.3 is 0 Å². The minimum Gasteiger partial charge on any atom is -0.415 e. The van der Waals surface area contributed by atoms with Crippen LogP contribution in [0, 0.1) is 34.5 Å². The van der Waals surface area contributed by atoms with Crippen molar-refractivity contribution in [1.82, 2.24) is 0 Å². The number of hydrogen-bond acceptors (Lipinski definition) is 3. The minimum absolute atomic E-state index is 0.472. The van der Waals surface area contributed by atoms with Crippen molar-refractivity contribution in [2.75, 3.05) is 7.11 Å². The maximum Gasteiger partial charge on any atom is 0.184 e. The van der Waals surface area contributed by atoms with Gasteiger partial charge < -0.3 is 9.26 Å². The first-order valence-electron chi connectivity index (χ1n) is 11.4. The van der Waals surface area contributed by atoms with Crippen molar-refractivity contribution in [3.05, 3.63) is 0 Å². The standard InChI is InChI=1S/C23H41NO2Si/c1-22-11-10-20-19(21(22)14-17(15-22)24-25-3)8-7-16-13-18(26-27(4,5)6)9-12-23(16,20)2/h16,18-21H,7-15H2,1-6H3/b24-17+/t16-,18-,19+,20-,21-,22+,23-/m0/s1. The molecule has 0 bridgehead atoms. The Balaban J connectivity index is 1.51. The van der Waals surface area contributed by atoms with Crippen LogP contribution in [0.5, 0.6) is 0 Å². The summed E-state index contributed by atoms with van der Waals surface area (Å²) < 4.78 is 6.54. The SMILES string of the molecule is CO/N=C1\C[C@H]2[C@@H]3CC[C@H]4C[C@@H](O[Si](C)(C)C)CC[C@]4(C)[C@H]3CC[C@]2(C)C1. The predicted molar refractivity (Wildman–Crippen MR) is 114 cm³/mol. The van der Waals surface area contributed by atoms with E-state index in [1.807, 2.05) is 0 Å². The summed E-state index contributed by atoms with van der Waals surface area (Å²) in [7, 11) is 0.273. The zero-order chi connectivity index (χ0) is 19.4. The second-order valence-electron chi connectivity index (χ2n) is 11.7. The molecule has 0 heterocycles. The molecule has 4 aliphatic rings. The number of fused-ring (bicyclic) bond motifs is 5. The van der Waals surface area contributed by atoms with E-state index >= 15 is 0 Å². The third-order valence-electron chi connectivity index (χ3n) is 8.94. The molecule has 27 heavy (non-hydrogen) atoms. The van der Waals surface area contributed by atoms with Gasteiger partial charge in [0.25, 0.3) is 0 Å². The average molecular weight is 392 g/mol. The second kappa shape index (κ2) is 6.86. The van der Waals surface area contributed by atoms with Gasteiger partial charge in [-0.1, -0.05) is 19.0 Å². The molecule has 3 nitrogen and oxygen atoms in total. The van der Waals surface area contributed by atoms with Crippen LogP contribution in [0.4, 0.5) is 0 Å². The van der Waals surface area contributed by atoms with E-state index < -0.39 is 8.32 Å². The van der Waals surface area contributed by atoms with Crippen LogP contribution in [0.15, 0.2) is 5.16 Å². The van der Waals surface area contributed by atoms with Crippen LogP contribution in [-0.4, -0.2) is 27.2 Å². The number of nitrogens with zero attached hydrogens (tertiary/aromatic N) is 1. The molecule has 0 aromatic heterocycles. The second-order valence-corrected chi connectivity index (χ2v) is 16.2. The van der Waals surface area contributed by atoms with Crippen molar-refractivity contribution in [3.8, 4) is 0 Å². The molecular formula is C23H41NO2Si. The van der Waals surface area contributed by atoms with Crippen LogP contribution in [0.2, 0.25) is 19.6 Å². The van der Waals surface area contributed by atoms with Crippen LogP contribution in [-0.2, 0) is 9.26 Å². The molecule has 0 aliphatic heterocycles. The van der Waals surface area contributed by atoms with Crippen LogP contribution in [0.25, 0.3) is 0 Å². The number of rotatable bonds is 3. The highest BCUT2D eigenvalue weighted by molar-refractivity contribution is 6.69. The zero-order valence-electron chi connectivity index (χ0n) is 18.5. The fourth-order valence-electron chi connectivity index (χ4n) is 7.83. The molecule has 4 fully saturated rings. The van der Waals surface area contributed by atoms with E-state index in [9.17, 15) is 0 Å². The zero-order valence-corrected chi connectivity index (χ0v) is 19.5. The summed E-state index contributed by atoms with van der Waals surface area (Å²) in [6.45, 7) is 12.2. The Morgan fingerprint density at radius 2 is 1.78 bits per heavy atom. The maximum absolute atomic E-state index is 6.54. The average Bonchev–Trinajstić information content (AvgIpc) is 2.90. The lowest BCUT2D eigenvalue weighted by Crippen LogP contribution is -2.53. The Hall–Kier alpha value is -0.353. The fourth-order valence-corrected chi connectivity index (χ4v) is 9.04. The normalized spacial score (nSPS) is 48.7. The smallest absolute Gasteiger partial charge is 0.184 e. The van der Waals surface area contributed by atoms with Gasteiger partial charge in [0.05, 0.1) is 5.71 Å². The van der Waals surface area contributed by atoms with Crippen molar-refractivity contribution < 1.29 is 9.26 Å². The molecule has 0 aromatic carbocycles. The van der Waals surface area contributed by atoms with Gasteiger partial charge in [0.15, 0.2) is 8.32 Å². The molecule has 0 unspecified atom stereocenters. The molecule has 0 saturated heterocycles. The molecule has 0 aromatic rings. The van der Waals surface area contributed by atoms with Gasteiger partial charge in [-0.3, -0.25) is 0 Å². The third kappa shape index (κ3) is 3.54. The summed E-state index contributed by atoms with van der Waals surface area (Å²) in [6.07, 6.45) is 12.6. The van der Waals surface area contributed by atoms with E-state index in [0.29, 0.717) is 16.9 Å². The number of oxime groups is 1. The Kier molecular flexibility index (Phi) is 5.07. The first-order chi connectivity index (χ1) is 12.6. The molecule has 4 heteroatoms. The Morgan fingerprint density at radius 3 is 2.48 bits per heavy atom. The van der Waals surface area contributed by atoms with E-state index in [-0.39, 0.29) is 0 Å². The van der Waals surface area contributed by atoms with Crippen molar-refractivity contribution >= 4 is 14.0 Å². The van der Waals surface area contributed by atoms with Crippen molar-refractivity contribution in [1.29, 1.82) is 0 Å². The topological polar surface area (TPSA) is 30.8 Å². The van der Waals surface area contributed by atoms with E-state index in [0.717, 1.165) is 23.7 Å². The molecule has 4 aliphatic carbocycles. The lowest BCUT2D eigenvalue weighted by molar-refractivity contribution is -0.118. The van der Waals surface area contributed by atoms with Gasteiger partial charge in [-0.25, -0.2) is 0 Å². The first-order valence-corrected chi connectivity index (χ1v) is 14.8. The van der Waals surface area contributed by atoms with Gasteiger partial charge in [-0.2, -0.15) is 0 Å². The summed E-state index contributed by atoms with van der Waals surface area (Å²) in [5, 5.41) is 4.38.